The van der Waals surface area contributed by atoms with Crippen molar-refractivity contribution in [3.05, 3.63) is 27.7 Å². The van der Waals surface area contributed by atoms with E-state index in [4.69, 9.17) is 34.8 Å². The maximum absolute atomic E-state index is 12.1. The number of hydrogen-bond acceptors (Lipinski definition) is 2. The molecule has 0 aromatic heterocycles. The molecule has 0 spiro atoms. The molecule has 1 aromatic rings. The average Bonchev–Trinajstić information content (AvgIpc) is 2.21. The molecule has 0 aliphatic rings. The van der Waals surface area contributed by atoms with E-state index < -0.39 is 12.4 Å². The number of carbonyl (C=O) groups is 1. The monoisotopic (exact) mass is 288 g/mol. The minimum atomic E-state index is -3.06. The predicted molar refractivity (Wildman–Crippen MR) is 58.1 cm³/mol. The number of carbonyl (C=O) groups excluding carboxylic acids is 1. The zero-order valence-electron chi connectivity index (χ0n) is 7.65. The van der Waals surface area contributed by atoms with Crippen LogP contribution in [0.25, 0.3) is 0 Å². The van der Waals surface area contributed by atoms with Crippen molar-refractivity contribution in [3.63, 3.8) is 0 Å². The van der Waals surface area contributed by atoms with Crippen LogP contribution >= 0.6 is 34.8 Å². The second kappa shape index (κ2) is 5.66. The molecule has 7 heteroatoms. The van der Waals surface area contributed by atoms with Gasteiger partial charge in [0.1, 0.15) is 5.75 Å². The largest absolute Gasteiger partial charge is 0.434 e. The van der Waals surface area contributed by atoms with Crippen LogP contribution in [0.5, 0.6) is 5.75 Å². The average molecular weight is 289 g/mol. The lowest BCUT2D eigenvalue weighted by Gasteiger charge is -2.10. The molecule has 0 amide bonds. The van der Waals surface area contributed by atoms with E-state index in [9.17, 15) is 13.6 Å². The summed E-state index contributed by atoms with van der Waals surface area (Å²) in [5.74, 6) is -1.27. The molecule has 0 aliphatic heterocycles. The zero-order valence-corrected chi connectivity index (χ0v) is 9.91. The molecule has 0 atom stereocenters. The maximum Gasteiger partial charge on any atom is 0.387 e. The molecule has 0 radical (unpaired) electrons. The van der Waals surface area contributed by atoms with Crippen molar-refractivity contribution in [1.29, 1.82) is 0 Å². The SMILES string of the molecule is O=C(CCl)c1cc(Cl)c(Cl)cc1OC(F)F. The molecule has 0 fully saturated rings. The van der Waals surface area contributed by atoms with Gasteiger partial charge >= 0.3 is 6.61 Å². The lowest BCUT2D eigenvalue weighted by atomic mass is 10.1. The normalized spacial score (nSPS) is 10.6. The van der Waals surface area contributed by atoms with Crippen molar-refractivity contribution in [2.24, 2.45) is 0 Å². The lowest BCUT2D eigenvalue weighted by Crippen LogP contribution is -2.09. The van der Waals surface area contributed by atoms with Gasteiger partial charge in [-0.15, -0.1) is 11.6 Å². The van der Waals surface area contributed by atoms with Gasteiger partial charge in [0.15, 0.2) is 5.78 Å². The fourth-order valence-corrected chi connectivity index (χ4v) is 1.47. The minimum Gasteiger partial charge on any atom is -0.434 e. The lowest BCUT2D eigenvalue weighted by molar-refractivity contribution is -0.0501. The Bertz CT molecular complexity index is 410. The predicted octanol–water partition coefficient (Wildman–Crippen LogP) is 4.02. The third-order valence-electron chi connectivity index (χ3n) is 1.66. The van der Waals surface area contributed by atoms with E-state index in [1.54, 1.807) is 0 Å². The van der Waals surface area contributed by atoms with Crippen LogP contribution in [-0.2, 0) is 0 Å². The second-order valence-electron chi connectivity index (χ2n) is 2.70. The van der Waals surface area contributed by atoms with Gasteiger partial charge < -0.3 is 4.74 Å². The molecule has 0 saturated carbocycles. The van der Waals surface area contributed by atoms with Crippen molar-refractivity contribution in [2.75, 3.05) is 5.88 Å². The van der Waals surface area contributed by atoms with Crippen LogP contribution in [0.3, 0.4) is 0 Å². The highest BCUT2D eigenvalue weighted by molar-refractivity contribution is 6.42. The molecular weight excluding hydrogens is 284 g/mol. The molecule has 0 heterocycles. The molecule has 0 unspecified atom stereocenters. The van der Waals surface area contributed by atoms with Crippen LogP contribution in [0.15, 0.2) is 12.1 Å². The van der Waals surface area contributed by atoms with Gasteiger partial charge in [-0.3, -0.25) is 4.79 Å². The van der Waals surface area contributed by atoms with Crippen LogP contribution in [0.2, 0.25) is 10.0 Å². The minimum absolute atomic E-state index is 0.0171. The molecule has 88 valence electrons. The Morgan fingerprint density at radius 2 is 1.88 bits per heavy atom. The summed E-state index contributed by atoms with van der Waals surface area (Å²) in [5.41, 5.74) is -0.121. The highest BCUT2D eigenvalue weighted by atomic mass is 35.5. The van der Waals surface area contributed by atoms with E-state index in [0.717, 1.165) is 12.1 Å². The number of ether oxygens (including phenoxy) is 1. The maximum atomic E-state index is 12.1. The van der Waals surface area contributed by atoms with Gasteiger partial charge in [0.2, 0.25) is 0 Å². The smallest absolute Gasteiger partial charge is 0.387 e. The van der Waals surface area contributed by atoms with Crippen LogP contribution in [0, 0.1) is 0 Å². The van der Waals surface area contributed by atoms with Crippen molar-refractivity contribution in [3.8, 4) is 5.75 Å². The Morgan fingerprint density at radius 3 is 2.38 bits per heavy atom. The van der Waals surface area contributed by atoms with Gasteiger partial charge in [-0.05, 0) is 6.07 Å². The summed E-state index contributed by atoms with van der Waals surface area (Å²) in [4.78, 5) is 11.3. The summed E-state index contributed by atoms with van der Waals surface area (Å²) in [6.07, 6.45) is 0. The number of hydrogen-bond donors (Lipinski definition) is 0. The number of rotatable bonds is 4. The van der Waals surface area contributed by atoms with E-state index in [1.165, 1.54) is 0 Å². The zero-order chi connectivity index (χ0) is 12.3. The number of Topliss-reactive ketones (excluding diaryl/α,β-unsaturated/α-hetero) is 1. The van der Waals surface area contributed by atoms with E-state index in [-0.39, 0.29) is 27.2 Å². The first kappa shape index (κ1) is 13.5. The third-order valence-corrected chi connectivity index (χ3v) is 2.63. The summed E-state index contributed by atoms with van der Waals surface area (Å²) < 4.78 is 28.3. The Kier molecular flexibility index (Phi) is 4.77. The van der Waals surface area contributed by atoms with Crippen molar-refractivity contribution < 1.29 is 18.3 Å². The standard InChI is InChI=1S/C9H5Cl3F2O2/c10-3-7(15)4-1-5(11)6(12)2-8(4)16-9(13)14/h1-2,9H,3H2. The fourth-order valence-electron chi connectivity index (χ4n) is 1.01. The van der Waals surface area contributed by atoms with Gasteiger partial charge in [-0.2, -0.15) is 8.78 Å². The van der Waals surface area contributed by atoms with Gasteiger partial charge in [-0.25, -0.2) is 0 Å². The molecular formula is C9H5Cl3F2O2. The third kappa shape index (κ3) is 3.20. The second-order valence-corrected chi connectivity index (χ2v) is 3.78. The van der Waals surface area contributed by atoms with Gasteiger partial charge in [0.25, 0.3) is 0 Å². The summed E-state index contributed by atoms with van der Waals surface area (Å²) in [5, 5.41) is 0.0835. The highest BCUT2D eigenvalue weighted by Crippen LogP contribution is 2.32. The Labute approximate surface area is 105 Å². The first-order chi connectivity index (χ1) is 7.45. The number of alkyl halides is 3. The van der Waals surface area contributed by atoms with E-state index in [0.29, 0.717) is 0 Å². The van der Waals surface area contributed by atoms with Crippen LogP contribution < -0.4 is 4.74 Å². The summed E-state index contributed by atoms with van der Waals surface area (Å²) in [7, 11) is 0. The van der Waals surface area contributed by atoms with Crippen molar-refractivity contribution in [1.82, 2.24) is 0 Å². The fraction of sp³-hybridized carbons (Fsp3) is 0.222. The molecule has 1 rings (SSSR count). The summed E-state index contributed by atoms with van der Waals surface area (Å²) >= 11 is 16.6. The molecule has 2 nitrogen and oxygen atoms in total. The van der Waals surface area contributed by atoms with Crippen molar-refractivity contribution >= 4 is 40.6 Å². The first-order valence-electron chi connectivity index (χ1n) is 3.98. The first-order valence-corrected chi connectivity index (χ1v) is 5.27. The van der Waals surface area contributed by atoms with Crippen LogP contribution in [-0.4, -0.2) is 18.3 Å². The van der Waals surface area contributed by atoms with E-state index in [2.05, 4.69) is 4.74 Å². The summed E-state index contributed by atoms with van der Waals surface area (Å²) in [6, 6.07) is 2.20. The van der Waals surface area contributed by atoms with Gasteiger partial charge in [-0.1, -0.05) is 23.2 Å². The summed E-state index contributed by atoms with van der Waals surface area (Å²) in [6.45, 7) is -3.06. The van der Waals surface area contributed by atoms with Crippen LogP contribution in [0.4, 0.5) is 8.78 Å². The van der Waals surface area contributed by atoms with Gasteiger partial charge in [0.05, 0.1) is 21.5 Å². The van der Waals surface area contributed by atoms with Gasteiger partial charge in [0, 0.05) is 6.07 Å². The number of halogens is 5. The highest BCUT2D eigenvalue weighted by Gasteiger charge is 2.17. The number of ketones is 1. The Morgan fingerprint density at radius 1 is 1.31 bits per heavy atom. The molecule has 16 heavy (non-hydrogen) atoms. The Hall–Kier alpha value is -0.580. The molecule has 1 aromatic carbocycles. The Balaban J connectivity index is 3.21. The molecule has 0 N–H and O–H groups in total. The van der Waals surface area contributed by atoms with E-state index in [1.807, 2.05) is 0 Å². The topological polar surface area (TPSA) is 26.3 Å². The van der Waals surface area contributed by atoms with Crippen molar-refractivity contribution in [2.45, 2.75) is 6.61 Å². The molecule has 0 saturated heterocycles. The quantitative estimate of drug-likeness (QED) is 0.618. The number of benzene rings is 1. The molecule has 0 bridgehead atoms. The van der Waals surface area contributed by atoms with Crippen LogP contribution in [0.1, 0.15) is 10.4 Å². The van der Waals surface area contributed by atoms with E-state index >= 15 is 0 Å². The molecule has 0 aliphatic carbocycles.